The van der Waals surface area contributed by atoms with Crippen LogP contribution in [-0.4, -0.2) is 45.9 Å². The van der Waals surface area contributed by atoms with Crippen molar-refractivity contribution in [3.8, 4) is 0 Å². The number of para-hydroxylation sites is 2. The van der Waals surface area contributed by atoms with Crippen molar-refractivity contribution in [3.63, 3.8) is 0 Å². The van der Waals surface area contributed by atoms with Crippen LogP contribution in [0.2, 0.25) is 0 Å². The van der Waals surface area contributed by atoms with Gasteiger partial charge in [-0.25, -0.2) is 4.98 Å². The lowest BCUT2D eigenvalue weighted by atomic mass is 10.2. The molecule has 1 aliphatic rings. The first-order valence-corrected chi connectivity index (χ1v) is 10.6. The smallest absolute Gasteiger partial charge is 0.242 e. The van der Waals surface area contributed by atoms with E-state index in [-0.39, 0.29) is 17.7 Å². The molecule has 0 bridgehead atoms. The third-order valence-electron chi connectivity index (χ3n) is 5.39. The number of hydrogen-bond acceptors (Lipinski definition) is 3. The molecule has 3 rings (SSSR count). The van der Waals surface area contributed by atoms with Gasteiger partial charge in [-0.3, -0.25) is 9.59 Å². The minimum atomic E-state index is -0.00387. The summed E-state index contributed by atoms with van der Waals surface area (Å²) in [6, 6.07) is 7.99. The van der Waals surface area contributed by atoms with Gasteiger partial charge >= 0.3 is 0 Å². The lowest BCUT2D eigenvalue weighted by molar-refractivity contribution is -0.131. The number of hydrogen-bond donors (Lipinski definition) is 1. The van der Waals surface area contributed by atoms with Crippen LogP contribution < -0.4 is 5.32 Å². The maximum atomic E-state index is 12.9. The molecule has 0 radical (unpaired) electrons. The molecule has 1 saturated heterocycles. The number of imidazole rings is 1. The fraction of sp³-hybridized carbons (Fsp3) is 0.591. The Labute approximate surface area is 167 Å². The molecule has 152 valence electrons. The van der Waals surface area contributed by atoms with Gasteiger partial charge in [0, 0.05) is 32.0 Å². The number of nitrogens with one attached hydrogen (secondary N) is 1. The first-order valence-electron chi connectivity index (χ1n) is 10.6. The molecule has 2 aromatic rings. The largest absolute Gasteiger partial charge is 0.356 e. The summed E-state index contributed by atoms with van der Waals surface area (Å²) in [6.45, 7) is 6.48. The molecular weight excluding hydrogens is 352 g/mol. The highest BCUT2D eigenvalue weighted by Gasteiger charge is 2.19. The number of aryl methyl sites for hydroxylation is 1. The number of aromatic nitrogens is 2. The molecular formula is C22H32N4O2. The summed E-state index contributed by atoms with van der Waals surface area (Å²) in [6.07, 6.45) is 6.16. The first kappa shape index (κ1) is 20.4. The van der Waals surface area contributed by atoms with Crippen LogP contribution in [0.15, 0.2) is 24.3 Å². The van der Waals surface area contributed by atoms with Crippen molar-refractivity contribution in [2.45, 2.75) is 58.9 Å². The second kappa shape index (κ2) is 9.71. The van der Waals surface area contributed by atoms with E-state index in [1.54, 1.807) is 0 Å². The fourth-order valence-corrected chi connectivity index (χ4v) is 3.71. The molecule has 0 spiro atoms. The molecule has 1 N–H and O–H groups in total. The Hall–Kier alpha value is -2.37. The zero-order valence-corrected chi connectivity index (χ0v) is 17.1. The average molecular weight is 385 g/mol. The van der Waals surface area contributed by atoms with Crippen LogP contribution in [-0.2, 0) is 22.6 Å². The highest BCUT2D eigenvalue weighted by Crippen LogP contribution is 2.18. The number of fused-ring (bicyclic) bond motifs is 1. The van der Waals surface area contributed by atoms with Gasteiger partial charge < -0.3 is 14.8 Å². The van der Waals surface area contributed by atoms with E-state index in [1.165, 1.54) is 12.8 Å². The third kappa shape index (κ3) is 5.12. The minimum Gasteiger partial charge on any atom is -0.356 e. The van der Waals surface area contributed by atoms with Crippen LogP contribution in [0.25, 0.3) is 11.0 Å². The average Bonchev–Trinajstić information content (AvgIpc) is 2.86. The molecule has 1 fully saturated rings. The van der Waals surface area contributed by atoms with Gasteiger partial charge in [-0.05, 0) is 31.4 Å². The molecule has 6 nitrogen and oxygen atoms in total. The summed E-state index contributed by atoms with van der Waals surface area (Å²) in [5.41, 5.74) is 1.93. The standard InChI is InChI=1S/C22H32N4O2/c1-17(2)22(28)23-13-9-12-20-24-18-10-5-6-11-19(18)26(20)16-21(27)25-14-7-3-4-8-15-25/h5-6,10-11,17H,3-4,7-9,12-16H2,1-2H3,(H,23,28). The molecule has 2 heterocycles. The highest BCUT2D eigenvalue weighted by molar-refractivity contribution is 5.81. The lowest BCUT2D eigenvalue weighted by Crippen LogP contribution is -2.35. The molecule has 6 heteroatoms. The second-order valence-corrected chi connectivity index (χ2v) is 7.95. The third-order valence-corrected chi connectivity index (χ3v) is 5.39. The molecule has 2 amide bonds. The lowest BCUT2D eigenvalue weighted by Gasteiger charge is -2.21. The van der Waals surface area contributed by atoms with Gasteiger partial charge in [0.25, 0.3) is 0 Å². The predicted octanol–water partition coefficient (Wildman–Crippen LogP) is 3.14. The van der Waals surface area contributed by atoms with Crippen molar-refractivity contribution in [1.82, 2.24) is 19.8 Å². The van der Waals surface area contributed by atoms with Crippen LogP contribution in [0.5, 0.6) is 0 Å². The number of nitrogens with zero attached hydrogens (tertiary/aromatic N) is 3. The summed E-state index contributed by atoms with van der Waals surface area (Å²) < 4.78 is 2.06. The van der Waals surface area contributed by atoms with Gasteiger partial charge in [-0.2, -0.15) is 0 Å². The Kier molecular flexibility index (Phi) is 7.06. The Balaban J connectivity index is 1.70. The highest BCUT2D eigenvalue weighted by atomic mass is 16.2. The molecule has 1 aromatic heterocycles. The Morgan fingerprint density at radius 1 is 1.11 bits per heavy atom. The van der Waals surface area contributed by atoms with Crippen molar-refractivity contribution in [3.05, 3.63) is 30.1 Å². The zero-order valence-electron chi connectivity index (χ0n) is 17.1. The van der Waals surface area contributed by atoms with Crippen LogP contribution in [0.1, 0.15) is 51.8 Å². The fourth-order valence-electron chi connectivity index (χ4n) is 3.71. The maximum Gasteiger partial charge on any atom is 0.242 e. The van der Waals surface area contributed by atoms with Crippen molar-refractivity contribution >= 4 is 22.8 Å². The van der Waals surface area contributed by atoms with E-state index >= 15 is 0 Å². The topological polar surface area (TPSA) is 67.2 Å². The predicted molar refractivity (Wildman–Crippen MR) is 111 cm³/mol. The van der Waals surface area contributed by atoms with E-state index in [1.807, 2.05) is 43.0 Å². The second-order valence-electron chi connectivity index (χ2n) is 7.95. The molecule has 0 aliphatic carbocycles. The Bertz CT molecular complexity index is 804. The minimum absolute atomic E-state index is 0.00387. The van der Waals surface area contributed by atoms with Gasteiger partial charge in [0.05, 0.1) is 11.0 Å². The first-order chi connectivity index (χ1) is 13.6. The van der Waals surface area contributed by atoms with E-state index in [9.17, 15) is 9.59 Å². The van der Waals surface area contributed by atoms with Gasteiger partial charge in [-0.1, -0.05) is 38.8 Å². The number of likely N-dealkylation sites (tertiary alicyclic amines) is 1. The summed E-state index contributed by atoms with van der Waals surface area (Å²) >= 11 is 0. The van der Waals surface area contributed by atoms with Crippen molar-refractivity contribution < 1.29 is 9.59 Å². The molecule has 1 aromatic carbocycles. The summed E-state index contributed by atoms with van der Waals surface area (Å²) in [5, 5.41) is 2.95. The molecule has 0 unspecified atom stereocenters. The van der Waals surface area contributed by atoms with Crippen LogP contribution in [0, 0.1) is 5.92 Å². The summed E-state index contributed by atoms with van der Waals surface area (Å²) in [7, 11) is 0. The van der Waals surface area contributed by atoms with Crippen LogP contribution in [0.3, 0.4) is 0 Å². The van der Waals surface area contributed by atoms with Gasteiger partial charge in [0.15, 0.2) is 0 Å². The number of amides is 2. The maximum absolute atomic E-state index is 12.9. The van der Waals surface area contributed by atoms with Crippen LogP contribution in [0.4, 0.5) is 0 Å². The zero-order chi connectivity index (χ0) is 19.9. The van der Waals surface area contributed by atoms with Gasteiger partial charge in [-0.15, -0.1) is 0 Å². The monoisotopic (exact) mass is 384 g/mol. The Morgan fingerprint density at radius 2 is 1.82 bits per heavy atom. The van der Waals surface area contributed by atoms with Crippen molar-refractivity contribution in [2.75, 3.05) is 19.6 Å². The van der Waals surface area contributed by atoms with Crippen molar-refractivity contribution in [2.24, 2.45) is 5.92 Å². The number of carbonyl (C=O) groups excluding carboxylic acids is 2. The van der Waals surface area contributed by atoms with Crippen molar-refractivity contribution in [1.29, 1.82) is 0 Å². The summed E-state index contributed by atoms with van der Waals surface area (Å²) in [4.78, 5) is 31.4. The molecule has 28 heavy (non-hydrogen) atoms. The van der Waals surface area contributed by atoms with Gasteiger partial charge in [0.2, 0.25) is 11.8 Å². The van der Waals surface area contributed by atoms with E-state index in [0.29, 0.717) is 13.1 Å². The normalized spacial score (nSPS) is 15.0. The summed E-state index contributed by atoms with van der Waals surface area (Å²) in [5.74, 6) is 1.17. The number of carbonyl (C=O) groups is 2. The SMILES string of the molecule is CC(C)C(=O)NCCCc1nc2ccccc2n1CC(=O)N1CCCCCC1. The van der Waals surface area contributed by atoms with Crippen LogP contribution >= 0.6 is 0 Å². The quantitative estimate of drug-likeness (QED) is 0.746. The van der Waals surface area contributed by atoms with E-state index in [0.717, 1.165) is 55.6 Å². The molecule has 1 aliphatic heterocycles. The number of rotatable bonds is 7. The molecule has 0 atom stereocenters. The van der Waals surface area contributed by atoms with Gasteiger partial charge in [0.1, 0.15) is 12.4 Å². The van der Waals surface area contributed by atoms with E-state index < -0.39 is 0 Å². The Morgan fingerprint density at radius 3 is 2.54 bits per heavy atom. The molecule has 0 saturated carbocycles. The van der Waals surface area contributed by atoms with E-state index in [2.05, 4.69) is 9.88 Å². The number of benzene rings is 1. The van der Waals surface area contributed by atoms with E-state index in [4.69, 9.17) is 4.98 Å².